The number of pyridine rings is 1. The minimum absolute atomic E-state index is 0.0319. The van der Waals surface area contributed by atoms with E-state index >= 15 is 0 Å². The summed E-state index contributed by atoms with van der Waals surface area (Å²) in [5.41, 5.74) is 7.37. The van der Waals surface area contributed by atoms with Crippen LogP contribution in [0, 0.1) is 6.92 Å². The number of hydrogen-bond donors (Lipinski definition) is 1. The van der Waals surface area contributed by atoms with Crippen LogP contribution in [-0.2, 0) is 6.54 Å². The molecule has 2 aromatic rings. The van der Waals surface area contributed by atoms with Crippen LogP contribution in [0.5, 0.6) is 0 Å². The second kappa shape index (κ2) is 6.00. The van der Waals surface area contributed by atoms with E-state index in [9.17, 15) is 4.79 Å². The maximum absolute atomic E-state index is 12.6. The van der Waals surface area contributed by atoms with Gasteiger partial charge in [-0.25, -0.2) is 4.98 Å². The smallest absolute Gasteiger partial charge is 0.266 e. The van der Waals surface area contributed by atoms with E-state index in [1.807, 2.05) is 32.9 Å². The number of amides is 1. The molecule has 0 unspecified atom stereocenters. The fourth-order valence-corrected chi connectivity index (χ4v) is 2.71. The molecule has 0 aromatic carbocycles. The molecule has 0 aliphatic rings. The van der Waals surface area contributed by atoms with E-state index in [0.29, 0.717) is 22.2 Å². The van der Waals surface area contributed by atoms with E-state index in [-0.39, 0.29) is 11.9 Å². The van der Waals surface area contributed by atoms with Gasteiger partial charge in [-0.15, -0.1) is 0 Å². The lowest BCUT2D eigenvalue weighted by atomic mass is 10.2. The van der Waals surface area contributed by atoms with E-state index in [2.05, 4.69) is 9.97 Å². The first-order valence-corrected chi connectivity index (χ1v) is 7.23. The number of anilines is 1. The van der Waals surface area contributed by atoms with E-state index in [4.69, 9.17) is 5.73 Å². The van der Waals surface area contributed by atoms with Gasteiger partial charge in [0.2, 0.25) is 0 Å². The molecule has 0 bridgehead atoms. The van der Waals surface area contributed by atoms with Crippen LogP contribution in [0.3, 0.4) is 0 Å². The van der Waals surface area contributed by atoms with Gasteiger partial charge in [-0.05, 0) is 32.4 Å². The molecule has 0 spiro atoms. The van der Waals surface area contributed by atoms with Crippen molar-refractivity contribution < 1.29 is 4.79 Å². The number of hydrogen-bond acceptors (Lipinski definition) is 5. The van der Waals surface area contributed by atoms with E-state index in [0.717, 1.165) is 5.56 Å². The monoisotopic (exact) mass is 290 g/mol. The van der Waals surface area contributed by atoms with Gasteiger partial charge in [0.15, 0.2) is 5.13 Å². The van der Waals surface area contributed by atoms with Gasteiger partial charge in [-0.2, -0.15) is 0 Å². The van der Waals surface area contributed by atoms with Crippen molar-refractivity contribution in [1.29, 1.82) is 0 Å². The summed E-state index contributed by atoms with van der Waals surface area (Å²) in [4.78, 5) is 23.3. The van der Waals surface area contributed by atoms with E-state index in [1.54, 1.807) is 17.3 Å². The Morgan fingerprint density at radius 1 is 1.50 bits per heavy atom. The largest absolute Gasteiger partial charge is 0.375 e. The highest BCUT2D eigenvalue weighted by Crippen LogP contribution is 2.23. The highest BCUT2D eigenvalue weighted by atomic mass is 32.1. The molecule has 5 nitrogen and oxygen atoms in total. The Kier molecular flexibility index (Phi) is 4.34. The second-order valence-corrected chi connectivity index (χ2v) is 5.89. The Labute approximate surface area is 122 Å². The van der Waals surface area contributed by atoms with Crippen molar-refractivity contribution in [1.82, 2.24) is 14.9 Å². The predicted octanol–water partition coefficient (Wildman–Crippen LogP) is 2.48. The molecule has 0 fully saturated rings. The van der Waals surface area contributed by atoms with Crippen LogP contribution in [0.15, 0.2) is 24.5 Å². The summed E-state index contributed by atoms with van der Waals surface area (Å²) in [6.07, 6.45) is 3.50. The highest BCUT2D eigenvalue weighted by Gasteiger charge is 2.23. The maximum Gasteiger partial charge on any atom is 0.266 e. The van der Waals surface area contributed by atoms with E-state index < -0.39 is 0 Å². The van der Waals surface area contributed by atoms with Crippen LogP contribution in [-0.4, -0.2) is 26.8 Å². The Hall–Kier alpha value is -1.95. The second-order valence-electron chi connectivity index (χ2n) is 4.85. The van der Waals surface area contributed by atoms with Gasteiger partial charge in [0.25, 0.3) is 5.91 Å². The average molecular weight is 290 g/mol. The molecular weight excluding hydrogens is 272 g/mol. The first-order valence-electron chi connectivity index (χ1n) is 6.41. The summed E-state index contributed by atoms with van der Waals surface area (Å²) in [5, 5.41) is 0.427. The molecule has 0 saturated carbocycles. The van der Waals surface area contributed by atoms with Gasteiger partial charge < -0.3 is 10.6 Å². The summed E-state index contributed by atoms with van der Waals surface area (Å²) in [7, 11) is 0. The Morgan fingerprint density at radius 3 is 2.75 bits per heavy atom. The number of aryl methyl sites for hydroxylation is 1. The highest BCUT2D eigenvalue weighted by molar-refractivity contribution is 7.17. The van der Waals surface area contributed by atoms with Gasteiger partial charge in [-0.1, -0.05) is 17.4 Å². The number of nitrogens with zero attached hydrogens (tertiary/aromatic N) is 3. The number of carbonyl (C=O) groups excluding carboxylic acids is 1. The lowest BCUT2D eigenvalue weighted by molar-refractivity contribution is 0.0694. The first kappa shape index (κ1) is 14.5. The maximum atomic E-state index is 12.6. The summed E-state index contributed by atoms with van der Waals surface area (Å²) in [6.45, 7) is 6.33. The molecule has 2 aromatic heterocycles. The molecule has 106 valence electrons. The van der Waals surface area contributed by atoms with Crippen LogP contribution in [0.4, 0.5) is 5.13 Å². The zero-order valence-electron chi connectivity index (χ0n) is 11.8. The first-order chi connectivity index (χ1) is 9.49. The molecule has 2 heterocycles. The molecule has 6 heteroatoms. The third-order valence-electron chi connectivity index (χ3n) is 2.97. The van der Waals surface area contributed by atoms with Crippen LogP contribution < -0.4 is 5.73 Å². The average Bonchev–Trinajstić information content (AvgIpc) is 2.75. The predicted molar refractivity (Wildman–Crippen MR) is 80.5 cm³/mol. The molecule has 20 heavy (non-hydrogen) atoms. The Morgan fingerprint density at radius 2 is 2.25 bits per heavy atom. The fraction of sp³-hybridized carbons (Fsp3) is 0.357. The standard InChI is InChI=1S/C14H18N4OS/c1-9(2)18(8-11-5-4-6-16-7-11)13(19)12-10(3)17-14(15)20-12/h4-7,9H,8H2,1-3H3,(H2,15,17). The Bertz CT molecular complexity index is 594. The lowest BCUT2D eigenvalue weighted by Crippen LogP contribution is -2.36. The summed E-state index contributed by atoms with van der Waals surface area (Å²) in [5.74, 6) is -0.0319. The number of rotatable bonds is 4. The number of nitrogens with two attached hydrogens (primary N) is 1. The van der Waals surface area contributed by atoms with Crippen LogP contribution in [0.2, 0.25) is 0 Å². The van der Waals surface area contributed by atoms with Crippen molar-refractivity contribution in [2.24, 2.45) is 0 Å². The molecule has 0 atom stereocenters. The molecule has 0 aliphatic carbocycles. The van der Waals surface area contributed by atoms with Gasteiger partial charge in [-0.3, -0.25) is 9.78 Å². The van der Waals surface area contributed by atoms with Gasteiger partial charge in [0, 0.05) is 25.0 Å². The van der Waals surface area contributed by atoms with Crippen molar-refractivity contribution in [2.75, 3.05) is 5.73 Å². The molecule has 1 amide bonds. The van der Waals surface area contributed by atoms with Crippen LogP contribution in [0.25, 0.3) is 0 Å². The zero-order valence-corrected chi connectivity index (χ0v) is 12.6. The Balaban J connectivity index is 2.25. The normalized spacial score (nSPS) is 10.8. The molecular formula is C14H18N4OS. The third-order valence-corrected chi connectivity index (χ3v) is 3.94. The summed E-state index contributed by atoms with van der Waals surface area (Å²) < 4.78 is 0. The molecule has 2 N–H and O–H groups in total. The summed E-state index contributed by atoms with van der Waals surface area (Å²) in [6, 6.07) is 3.92. The quantitative estimate of drug-likeness (QED) is 0.939. The molecule has 0 saturated heterocycles. The van der Waals surface area contributed by atoms with Gasteiger partial charge >= 0.3 is 0 Å². The van der Waals surface area contributed by atoms with Crippen molar-refractivity contribution in [3.63, 3.8) is 0 Å². The number of thiazole rings is 1. The minimum atomic E-state index is -0.0319. The number of nitrogen functional groups attached to an aromatic ring is 1. The lowest BCUT2D eigenvalue weighted by Gasteiger charge is -2.26. The molecule has 2 rings (SSSR count). The van der Waals surface area contributed by atoms with Crippen molar-refractivity contribution in [3.05, 3.63) is 40.7 Å². The van der Waals surface area contributed by atoms with Crippen molar-refractivity contribution >= 4 is 22.4 Å². The minimum Gasteiger partial charge on any atom is -0.375 e. The number of carbonyl (C=O) groups is 1. The van der Waals surface area contributed by atoms with Crippen LogP contribution >= 0.6 is 11.3 Å². The molecule has 0 radical (unpaired) electrons. The van der Waals surface area contributed by atoms with Crippen molar-refractivity contribution in [3.8, 4) is 0 Å². The van der Waals surface area contributed by atoms with Gasteiger partial charge in [0.1, 0.15) is 4.88 Å². The fourth-order valence-electron chi connectivity index (χ4n) is 1.92. The topological polar surface area (TPSA) is 72.1 Å². The van der Waals surface area contributed by atoms with E-state index in [1.165, 1.54) is 11.3 Å². The third kappa shape index (κ3) is 3.14. The van der Waals surface area contributed by atoms with Crippen LogP contribution in [0.1, 0.15) is 34.8 Å². The zero-order chi connectivity index (χ0) is 14.7. The van der Waals surface area contributed by atoms with Crippen molar-refractivity contribution in [2.45, 2.75) is 33.4 Å². The van der Waals surface area contributed by atoms with Gasteiger partial charge in [0.05, 0.1) is 5.69 Å². The SMILES string of the molecule is Cc1nc(N)sc1C(=O)N(Cc1cccnc1)C(C)C. The number of aromatic nitrogens is 2. The molecule has 0 aliphatic heterocycles. The summed E-state index contributed by atoms with van der Waals surface area (Å²) >= 11 is 1.24.